The van der Waals surface area contributed by atoms with E-state index in [2.05, 4.69) is 20.7 Å². The number of likely N-dealkylation sites (N-methyl/N-ethyl adjacent to an activating group) is 1. The summed E-state index contributed by atoms with van der Waals surface area (Å²) >= 11 is 5.56. The lowest BCUT2D eigenvalue weighted by Gasteiger charge is -2.17. The molecule has 8 heteroatoms. The Bertz CT molecular complexity index is 602. The van der Waals surface area contributed by atoms with Gasteiger partial charge in [0.15, 0.2) is 5.82 Å². The number of tetrazole rings is 1. The molecular weight excluding hydrogens is 288 g/mol. The molecule has 0 aliphatic rings. The van der Waals surface area contributed by atoms with E-state index in [0.29, 0.717) is 18.8 Å². The van der Waals surface area contributed by atoms with Crippen LogP contribution in [0.3, 0.4) is 0 Å². The summed E-state index contributed by atoms with van der Waals surface area (Å²) < 4.78 is 27.5. The van der Waals surface area contributed by atoms with Gasteiger partial charge in [-0.2, -0.15) is 4.80 Å². The Labute approximate surface area is 119 Å². The minimum Gasteiger partial charge on any atom is -0.310 e. The van der Waals surface area contributed by atoms with Crippen LogP contribution in [-0.2, 0) is 13.5 Å². The molecule has 1 heterocycles. The molecule has 1 aromatic carbocycles. The minimum atomic E-state index is -0.655. The molecule has 0 bridgehead atoms. The Morgan fingerprint density at radius 1 is 1.35 bits per heavy atom. The van der Waals surface area contributed by atoms with Gasteiger partial charge in [0.1, 0.15) is 11.6 Å². The van der Waals surface area contributed by atoms with E-state index in [9.17, 15) is 8.78 Å². The number of aryl methyl sites for hydroxylation is 1. The van der Waals surface area contributed by atoms with Gasteiger partial charge in [0, 0.05) is 18.0 Å². The number of hydrogen-bond acceptors (Lipinski definition) is 4. The zero-order valence-electron chi connectivity index (χ0n) is 11.1. The first-order chi connectivity index (χ1) is 9.51. The fourth-order valence-corrected chi connectivity index (χ4v) is 2.08. The molecule has 0 fully saturated rings. The van der Waals surface area contributed by atoms with Gasteiger partial charge in [0.25, 0.3) is 0 Å². The van der Waals surface area contributed by atoms with Crippen LogP contribution in [-0.4, -0.2) is 26.8 Å². The van der Waals surface area contributed by atoms with E-state index < -0.39 is 17.7 Å². The largest absolute Gasteiger partial charge is 0.310 e. The Morgan fingerprint density at radius 3 is 2.70 bits per heavy atom. The minimum absolute atomic E-state index is 0.196. The van der Waals surface area contributed by atoms with Crippen LogP contribution in [0.25, 0.3) is 0 Å². The Hall–Kier alpha value is -1.60. The van der Waals surface area contributed by atoms with Crippen molar-refractivity contribution in [1.29, 1.82) is 0 Å². The third kappa shape index (κ3) is 3.29. The van der Waals surface area contributed by atoms with Gasteiger partial charge < -0.3 is 5.32 Å². The summed E-state index contributed by atoms with van der Waals surface area (Å²) in [5.41, 5.74) is 0.196. The average molecular weight is 302 g/mol. The van der Waals surface area contributed by atoms with Crippen molar-refractivity contribution in [3.05, 3.63) is 40.2 Å². The Kier molecular flexibility index (Phi) is 4.61. The van der Waals surface area contributed by atoms with Crippen molar-refractivity contribution < 1.29 is 8.78 Å². The monoisotopic (exact) mass is 301 g/mol. The molecule has 1 unspecified atom stereocenters. The van der Waals surface area contributed by atoms with Gasteiger partial charge in [-0.3, -0.25) is 0 Å². The number of nitrogens with one attached hydrogen (secondary N) is 1. The highest BCUT2D eigenvalue weighted by atomic mass is 35.5. The predicted molar refractivity (Wildman–Crippen MR) is 70.3 cm³/mol. The van der Waals surface area contributed by atoms with Crippen LogP contribution in [0, 0.1) is 11.6 Å². The summed E-state index contributed by atoms with van der Waals surface area (Å²) in [6.45, 7) is 2.47. The fourth-order valence-electron chi connectivity index (χ4n) is 1.93. The maximum Gasteiger partial charge on any atom is 0.176 e. The molecule has 108 valence electrons. The Morgan fingerprint density at radius 2 is 2.10 bits per heavy atom. The fraction of sp³-hybridized carbons (Fsp3) is 0.417. The Balaban J connectivity index is 2.30. The number of nitrogens with zero attached hydrogens (tertiary/aromatic N) is 4. The van der Waals surface area contributed by atoms with Gasteiger partial charge in [-0.05, 0) is 23.9 Å². The van der Waals surface area contributed by atoms with E-state index in [-0.39, 0.29) is 10.6 Å². The third-order valence-electron chi connectivity index (χ3n) is 2.80. The van der Waals surface area contributed by atoms with Crippen molar-refractivity contribution >= 4 is 11.6 Å². The molecule has 1 aromatic heterocycles. The lowest BCUT2D eigenvalue weighted by atomic mass is 10.0. The lowest BCUT2D eigenvalue weighted by molar-refractivity contribution is 0.493. The second kappa shape index (κ2) is 6.23. The molecule has 0 radical (unpaired) electrons. The van der Waals surface area contributed by atoms with Crippen molar-refractivity contribution in [3.8, 4) is 0 Å². The summed E-state index contributed by atoms with van der Waals surface area (Å²) in [6.07, 6.45) is 0.305. The van der Waals surface area contributed by atoms with Crippen LogP contribution in [0.15, 0.2) is 12.1 Å². The molecular formula is C12H14ClF2N5. The third-order valence-corrected chi connectivity index (χ3v) is 3.09. The van der Waals surface area contributed by atoms with E-state index in [1.807, 2.05) is 6.92 Å². The van der Waals surface area contributed by atoms with Gasteiger partial charge in [-0.25, -0.2) is 8.78 Å². The van der Waals surface area contributed by atoms with Crippen molar-refractivity contribution in [1.82, 2.24) is 25.5 Å². The second-order valence-electron chi connectivity index (χ2n) is 4.30. The number of benzene rings is 1. The van der Waals surface area contributed by atoms with Crippen LogP contribution in [0.4, 0.5) is 8.78 Å². The number of hydrogen-bond donors (Lipinski definition) is 1. The smallest absolute Gasteiger partial charge is 0.176 e. The summed E-state index contributed by atoms with van der Waals surface area (Å²) in [7, 11) is 1.64. The standard InChI is InChI=1S/C12H14ClF2N5/c1-3-16-11(6-12-17-19-20(2)18-12)7-4-10(15)8(13)5-9(7)14/h4-5,11,16H,3,6H2,1-2H3. The topological polar surface area (TPSA) is 55.6 Å². The van der Waals surface area contributed by atoms with Gasteiger partial charge in [0.05, 0.1) is 12.1 Å². The highest BCUT2D eigenvalue weighted by Gasteiger charge is 2.20. The molecule has 2 rings (SSSR count). The average Bonchev–Trinajstić information content (AvgIpc) is 2.79. The van der Waals surface area contributed by atoms with E-state index in [1.54, 1.807) is 7.05 Å². The van der Waals surface area contributed by atoms with Crippen LogP contribution in [0.1, 0.15) is 24.4 Å². The highest BCUT2D eigenvalue weighted by Crippen LogP contribution is 2.25. The maximum atomic E-state index is 14.0. The van der Waals surface area contributed by atoms with E-state index in [1.165, 1.54) is 4.80 Å². The van der Waals surface area contributed by atoms with Crippen molar-refractivity contribution in [3.63, 3.8) is 0 Å². The number of rotatable bonds is 5. The van der Waals surface area contributed by atoms with Gasteiger partial charge in [0.2, 0.25) is 0 Å². The predicted octanol–water partition coefficient (Wildman–Crippen LogP) is 2.04. The van der Waals surface area contributed by atoms with Crippen LogP contribution < -0.4 is 5.32 Å². The van der Waals surface area contributed by atoms with Crippen molar-refractivity contribution in [2.75, 3.05) is 6.54 Å². The van der Waals surface area contributed by atoms with Crippen molar-refractivity contribution in [2.24, 2.45) is 7.05 Å². The molecule has 0 saturated carbocycles. The van der Waals surface area contributed by atoms with E-state index in [4.69, 9.17) is 11.6 Å². The molecule has 2 aromatic rings. The first kappa shape index (κ1) is 14.8. The summed E-state index contributed by atoms with van der Waals surface area (Å²) in [4.78, 5) is 1.32. The van der Waals surface area contributed by atoms with Crippen LogP contribution >= 0.6 is 11.6 Å². The molecule has 20 heavy (non-hydrogen) atoms. The maximum absolute atomic E-state index is 14.0. The first-order valence-electron chi connectivity index (χ1n) is 6.12. The zero-order valence-corrected chi connectivity index (χ0v) is 11.8. The van der Waals surface area contributed by atoms with Gasteiger partial charge in [-0.15, -0.1) is 10.2 Å². The first-order valence-corrected chi connectivity index (χ1v) is 6.49. The molecule has 1 N–H and O–H groups in total. The molecule has 1 atom stereocenters. The highest BCUT2D eigenvalue weighted by molar-refractivity contribution is 6.30. The van der Waals surface area contributed by atoms with Crippen LogP contribution in [0.2, 0.25) is 5.02 Å². The van der Waals surface area contributed by atoms with Gasteiger partial charge >= 0.3 is 0 Å². The summed E-state index contributed by atoms with van der Waals surface area (Å²) in [5, 5.41) is 14.4. The van der Waals surface area contributed by atoms with Crippen molar-refractivity contribution in [2.45, 2.75) is 19.4 Å². The molecule has 0 amide bonds. The number of aromatic nitrogens is 4. The van der Waals surface area contributed by atoms with Crippen LogP contribution in [0.5, 0.6) is 0 Å². The van der Waals surface area contributed by atoms with Gasteiger partial charge in [-0.1, -0.05) is 18.5 Å². The molecule has 5 nitrogen and oxygen atoms in total. The van der Waals surface area contributed by atoms with E-state index >= 15 is 0 Å². The lowest BCUT2D eigenvalue weighted by Crippen LogP contribution is -2.24. The normalized spacial score (nSPS) is 12.7. The zero-order chi connectivity index (χ0) is 14.7. The molecule has 0 aliphatic heterocycles. The molecule has 0 saturated heterocycles. The quantitative estimate of drug-likeness (QED) is 0.859. The summed E-state index contributed by atoms with van der Waals surface area (Å²) in [6, 6.07) is 1.62. The van der Waals surface area contributed by atoms with E-state index in [0.717, 1.165) is 12.1 Å². The molecule has 0 spiro atoms. The summed E-state index contributed by atoms with van der Waals surface area (Å²) in [5.74, 6) is -0.766. The second-order valence-corrected chi connectivity index (χ2v) is 4.70. The number of halogens is 3. The molecule has 0 aliphatic carbocycles. The SMILES string of the molecule is CCNC(Cc1nnn(C)n1)c1cc(F)c(Cl)cc1F.